The highest BCUT2D eigenvalue weighted by molar-refractivity contribution is 5.89. The Morgan fingerprint density at radius 3 is 2.80 bits per heavy atom. The van der Waals surface area contributed by atoms with Crippen molar-refractivity contribution in [3.8, 4) is 0 Å². The van der Waals surface area contributed by atoms with Crippen molar-refractivity contribution in [2.24, 2.45) is 11.8 Å². The van der Waals surface area contributed by atoms with Gasteiger partial charge in [-0.05, 0) is 30.8 Å². The third kappa shape index (κ3) is 4.28. The summed E-state index contributed by atoms with van der Waals surface area (Å²) in [7, 11) is 0. The number of hydrogen-bond donors (Lipinski definition) is 0. The first-order valence-electron chi connectivity index (χ1n) is 5.65. The van der Waals surface area contributed by atoms with Crippen molar-refractivity contribution in [3.63, 3.8) is 0 Å². The lowest BCUT2D eigenvalue weighted by atomic mass is 9.89. The van der Waals surface area contributed by atoms with Crippen LogP contribution in [0.3, 0.4) is 0 Å². The van der Waals surface area contributed by atoms with Gasteiger partial charge in [0.15, 0.2) is 5.78 Å². The summed E-state index contributed by atoms with van der Waals surface area (Å²) in [5, 5.41) is 0. The van der Waals surface area contributed by atoms with Crippen LogP contribution in [-0.2, 0) is 4.79 Å². The lowest BCUT2D eigenvalue weighted by molar-refractivity contribution is -0.114. The highest BCUT2D eigenvalue weighted by Gasteiger charge is 2.11. The van der Waals surface area contributed by atoms with Gasteiger partial charge in [-0.3, -0.25) is 4.79 Å². The molecule has 0 fully saturated rings. The first-order valence-corrected chi connectivity index (χ1v) is 5.65. The number of rotatable bonds is 1. The van der Waals surface area contributed by atoms with Crippen LogP contribution in [0.15, 0.2) is 36.5 Å². The number of carbonyl (C=O) groups is 1. The van der Waals surface area contributed by atoms with Gasteiger partial charge in [-0.2, -0.15) is 0 Å². The summed E-state index contributed by atoms with van der Waals surface area (Å²) in [6, 6.07) is 0. The second-order valence-electron chi connectivity index (χ2n) is 4.54. The predicted octanol–water partition coefficient (Wildman–Crippen LogP) is 3.68. The zero-order chi connectivity index (χ0) is 11.3. The molecule has 1 aliphatic carbocycles. The Morgan fingerprint density at radius 1 is 1.40 bits per heavy atom. The zero-order valence-electron chi connectivity index (χ0n) is 9.70. The van der Waals surface area contributed by atoms with E-state index in [0.717, 1.165) is 18.4 Å². The van der Waals surface area contributed by atoms with Crippen LogP contribution < -0.4 is 0 Å². The molecular formula is C14H20O. The zero-order valence-corrected chi connectivity index (χ0v) is 9.70. The minimum atomic E-state index is 0.240. The first kappa shape index (κ1) is 12.0. The normalized spacial score (nSPS) is 27.8. The van der Waals surface area contributed by atoms with E-state index >= 15 is 0 Å². The fourth-order valence-corrected chi connectivity index (χ4v) is 1.71. The van der Waals surface area contributed by atoms with Gasteiger partial charge in [-0.15, -0.1) is 0 Å². The molecule has 0 amide bonds. The molecule has 0 saturated carbocycles. The minimum Gasteiger partial charge on any atom is -0.295 e. The maximum absolute atomic E-state index is 11.4. The number of hydrogen-bond acceptors (Lipinski definition) is 1. The van der Waals surface area contributed by atoms with Gasteiger partial charge < -0.3 is 0 Å². The molecule has 1 atom stereocenters. The van der Waals surface area contributed by atoms with Gasteiger partial charge in [0, 0.05) is 6.42 Å². The van der Waals surface area contributed by atoms with Crippen LogP contribution in [0.2, 0.25) is 0 Å². The van der Waals surface area contributed by atoms with Crippen LogP contribution in [-0.4, -0.2) is 5.78 Å². The van der Waals surface area contributed by atoms with Crippen molar-refractivity contribution in [1.82, 2.24) is 0 Å². The van der Waals surface area contributed by atoms with Crippen molar-refractivity contribution in [1.29, 1.82) is 0 Å². The maximum Gasteiger partial charge on any atom is 0.155 e. The van der Waals surface area contributed by atoms with Crippen molar-refractivity contribution in [2.75, 3.05) is 0 Å². The Morgan fingerprint density at radius 2 is 2.13 bits per heavy atom. The van der Waals surface area contributed by atoms with Crippen molar-refractivity contribution in [2.45, 2.75) is 33.1 Å². The van der Waals surface area contributed by atoms with Gasteiger partial charge in [-0.25, -0.2) is 0 Å². The van der Waals surface area contributed by atoms with Gasteiger partial charge in [-0.1, -0.05) is 44.2 Å². The van der Waals surface area contributed by atoms with Crippen LogP contribution in [0.5, 0.6) is 0 Å². The molecule has 0 aliphatic heterocycles. The molecule has 0 saturated heterocycles. The van der Waals surface area contributed by atoms with Crippen LogP contribution in [0.4, 0.5) is 0 Å². The highest BCUT2D eigenvalue weighted by Crippen LogP contribution is 2.21. The maximum atomic E-state index is 11.4. The molecule has 0 radical (unpaired) electrons. The predicted molar refractivity (Wildman–Crippen MR) is 64.6 cm³/mol. The third-order valence-electron chi connectivity index (χ3n) is 2.84. The lowest BCUT2D eigenvalue weighted by Crippen LogP contribution is -2.08. The molecule has 0 spiro atoms. The van der Waals surface area contributed by atoms with Crippen LogP contribution in [0.25, 0.3) is 0 Å². The van der Waals surface area contributed by atoms with E-state index in [-0.39, 0.29) is 5.78 Å². The van der Waals surface area contributed by atoms with E-state index in [1.807, 2.05) is 6.08 Å². The quantitative estimate of drug-likeness (QED) is 0.636. The van der Waals surface area contributed by atoms with Crippen LogP contribution in [0, 0.1) is 11.8 Å². The van der Waals surface area contributed by atoms with E-state index < -0.39 is 0 Å². The summed E-state index contributed by atoms with van der Waals surface area (Å²) >= 11 is 0. The van der Waals surface area contributed by atoms with E-state index in [4.69, 9.17) is 0 Å². The van der Waals surface area contributed by atoms with Crippen LogP contribution in [0.1, 0.15) is 33.1 Å². The fraction of sp³-hybridized carbons (Fsp3) is 0.500. The lowest BCUT2D eigenvalue weighted by Gasteiger charge is -2.16. The van der Waals surface area contributed by atoms with Crippen molar-refractivity contribution in [3.05, 3.63) is 36.5 Å². The summed E-state index contributed by atoms with van der Waals surface area (Å²) in [4.78, 5) is 11.4. The molecule has 1 aliphatic rings. The fourth-order valence-electron chi connectivity index (χ4n) is 1.71. The van der Waals surface area contributed by atoms with Gasteiger partial charge >= 0.3 is 0 Å². The topological polar surface area (TPSA) is 17.1 Å². The molecule has 1 heteroatoms. The molecule has 1 rings (SSSR count). The van der Waals surface area contributed by atoms with Gasteiger partial charge in [0.25, 0.3) is 0 Å². The first-order chi connectivity index (χ1) is 7.09. The summed E-state index contributed by atoms with van der Waals surface area (Å²) < 4.78 is 0. The summed E-state index contributed by atoms with van der Waals surface area (Å²) in [6.07, 6.45) is 10.3. The molecule has 0 bridgehead atoms. The Bertz CT molecular complexity index is 294. The molecule has 0 unspecified atom stereocenters. The van der Waals surface area contributed by atoms with E-state index in [1.54, 1.807) is 6.08 Å². The Balaban J connectivity index is 2.74. The molecular weight excluding hydrogens is 184 g/mol. The summed E-state index contributed by atoms with van der Waals surface area (Å²) in [6.45, 7) is 8.35. The minimum absolute atomic E-state index is 0.240. The van der Waals surface area contributed by atoms with Crippen molar-refractivity contribution < 1.29 is 4.79 Å². The number of allylic oxidation sites excluding steroid dienone is 5. The van der Waals surface area contributed by atoms with Gasteiger partial charge in [0.2, 0.25) is 0 Å². The SMILES string of the molecule is C=C1/C=C\[C@H](C(C)C)CCC(=O)/C=C\C1. The smallest absolute Gasteiger partial charge is 0.155 e. The van der Waals surface area contributed by atoms with E-state index in [0.29, 0.717) is 18.3 Å². The van der Waals surface area contributed by atoms with Gasteiger partial charge in [0.1, 0.15) is 0 Å². The van der Waals surface area contributed by atoms with Gasteiger partial charge in [0.05, 0.1) is 0 Å². The molecule has 1 nitrogen and oxygen atoms in total. The van der Waals surface area contributed by atoms with Crippen LogP contribution >= 0.6 is 0 Å². The molecule has 0 aromatic rings. The molecule has 15 heavy (non-hydrogen) atoms. The largest absolute Gasteiger partial charge is 0.295 e. The van der Waals surface area contributed by atoms with E-state index in [1.165, 1.54) is 0 Å². The average molecular weight is 204 g/mol. The Labute approximate surface area is 92.6 Å². The molecule has 0 heterocycles. The number of ketones is 1. The Kier molecular flexibility index (Phi) is 4.54. The monoisotopic (exact) mass is 204 g/mol. The third-order valence-corrected chi connectivity index (χ3v) is 2.84. The number of carbonyl (C=O) groups excluding carboxylic acids is 1. The van der Waals surface area contributed by atoms with E-state index in [2.05, 4.69) is 32.6 Å². The molecule has 82 valence electrons. The molecule has 0 N–H and O–H groups in total. The second-order valence-corrected chi connectivity index (χ2v) is 4.54. The summed E-state index contributed by atoms with van der Waals surface area (Å²) in [5.41, 5.74) is 1.08. The Hall–Kier alpha value is -1.11. The highest BCUT2D eigenvalue weighted by atomic mass is 16.1. The standard InChI is InChI=1S/C14H20O/c1-11(2)13-8-7-12(3)5-4-6-14(15)10-9-13/h4,6-8,11,13H,3,5,9-10H2,1-2H3/b6-4-,8-7-/t13-/m0/s1. The second kappa shape index (κ2) is 5.69. The summed E-state index contributed by atoms with van der Waals surface area (Å²) in [5.74, 6) is 1.33. The van der Waals surface area contributed by atoms with E-state index in [9.17, 15) is 4.79 Å². The molecule has 0 aromatic heterocycles. The molecule has 0 aromatic carbocycles. The average Bonchev–Trinajstić information content (AvgIpc) is 2.16. The van der Waals surface area contributed by atoms with Crippen molar-refractivity contribution >= 4 is 5.78 Å².